The van der Waals surface area contributed by atoms with Gasteiger partial charge in [-0.1, -0.05) is 13.8 Å². The summed E-state index contributed by atoms with van der Waals surface area (Å²) in [5.41, 5.74) is 0.612. The van der Waals surface area contributed by atoms with Crippen molar-refractivity contribution in [1.82, 2.24) is 0 Å². The summed E-state index contributed by atoms with van der Waals surface area (Å²) in [5.74, 6) is -0.566. The highest BCUT2D eigenvalue weighted by atomic mass is 19.1. The van der Waals surface area contributed by atoms with E-state index >= 15 is 0 Å². The first-order chi connectivity index (χ1) is 8.80. The zero-order valence-electron chi connectivity index (χ0n) is 11.3. The Balaban J connectivity index is 2.14. The Morgan fingerprint density at radius 1 is 1.47 bits per heavy atom. The summed E-state index contributed by atoms with van der Waals surface area (Å²) in [6, 6.07) is 4.42. The highest BCUT2D eigenvalue weighted by molar-refractivity contribution is 5.89. The van der Waals surface area contributed by atoms with Gasteiger partial charge in [-0.3, -0.25) is 4.79 Å². The van der Waals surface area contributed by atoms with Crippen LogP contribution >= 0.6 is 0 Å². The third-order valence-corrected chi connectivity index (χ3v) is 3.83. The summed E-state index contributed by atoms with van der Waals surface area (Å²) in [4.78, 5) is 11.0. The van der Waals surface area contributed by atoms with Crippen LogP contribution in [-0.4, -0.2) is 23.2 Å². The number of carbonyl (C=O) groups is 1. The van der Waals surface area contributed by atoms with Gasteiger partial charge in [0.05, 0.1) is 11.8 Å². The first-order valence-electron chi connectivity index (χ1n) is 6.32. The molecule has 1 amide bonds. The molecule has 104 valence electrons. The molecule has 1 aromatic rings. The van der Waals surface area contributed by atoms with Crippen molar-refractivity contribution < 1.29 is 14.3 Å². The molecule has 3 N–H and O–H groups in total. The van der Waals surface area contributed by atoms with E-state index in [0.717, 1.165) is 0 Å². The van der Waals surface area contributed by atoms with Crippen LogP contribution in [0.1, 0.15) is 27.2 Å². The number of hydrogen-bond acceptors (Lipinski definition) is 3. The van der Waals surface area contributed by atoms with E-state index in [4.69, 9.17) is 0 Å². The Bertz CT molecular complexity index is 502. The Kier molecular flexibility index (Phi) is 3.49. The van der Waals surface area contributed by atoms with Crippen molar-refractivity contribution in [1.29, 1.82) is 0 Å². The van der Waals surface area contributed by atoms with Crippen LogP contribution in [0.3, 0.4) is 0 Å². The third-order valence-electron chi connectivity index (χ3n) is 3.83. The van der Waals surface area contributed by atoms with E-state index in [-0.39, 0.29) is 29.3 Å². The van der Waals surface area contributed by atoms with Crippen molar-refractivity contribution in [2.24, 2.45) is 5.41 Å². The summed E-state index contributed by atoms with van der Waals surface area (Å²) in [6.45, 7) is 5.28. The average Bonchev–Trinajstić information content (AvgIpc) is 2.32. The van der Waals surface area contributed by atoms with E-state index in [2.05, 4.69) is 10.6 Å². The van der Waals surface area contributed by atoms with Gasteiger partial charge in [0, 0.05) is 24.1 Å². The lowest BCUT2D eigenvalue weighted by atomic mass is 9.64. The smallest absolute Gasteiger partial charge is 0.221 e. The number of benzene rings is 1. The van der Waals surface area contributed by atoms with E-state index in [1.165, 1.54) is 19.1 Å². The highest BCUT2D eigenvalue weighted by Crippen LogP contribution is 2.42. The van der Waals surface area contributed by atoms with Crippen LogP contribution in [0.4, 0.5) is 15.8 Å². The fourth-order valence-electron chi connectivity index (χ4n) is 2.25. The SMILES string of the molecule is CC(=O)Nc1ccc(F)c(NC2CC(O)C2(C)C)c1. The summed E-state index contributed by atoms with van der Waals surface area (Å²) in [5, 5.41) is 15.4. The normalized spacial score (nSPS) is 24.5. The van der Waals surface area contributed by atoms with Crippen LogP contribution in [0.15, 0.2) is 18.2 Å². The second-order valence-electron chi connectivity index (χ2n) is 5.65. The third kappa shape index (κ3) is 2.71. The van der Waals surface area contributed by atoms with Crippen molar-refractivity contribution in [2.75, 3.05) is 10.6 Å². The molecule has 0 heterocycles. The van der Waals surface area contributed by atoms with Gasteiger partial charge in [0.1, 0.15) is 5.82 Å². The summed E-state index contributed by atoms with van der Waals surface area (Å²) >= 11 is 0. The molecule has 19 heavy (non-hydrogen) atoms. The van der Waals surface area contributed by atoms with Crippen molar-refractivity contribution in [3.05, 3.63) is 24.0 Å². The number of nitrogens with one attached hydrogen (secondary N) is 2. The second kappa shape index (κ2) is 4.81. The number of aliphatic hydroxyl groups excluding tert-OH is 1. The lowest BCUT2D eigenvalue weighted by molar-refractivity contribution is -0.114. The van der Waals surface area contributed by atoms with Gasteiger partial charge in [-0.05, 0) is 24.6 Å². The van der Waals surface area contributed by atoms with Crippen LogP contribution in [-0.2, 0) is 4.79 Å². The summed E-state index contributed by atoms with van der Waals surface area (Å²) in [6.07, 6.45) is 0.225. The largest absolute Gasteiger partial charge is 0.392 e. The highest BCUT2D eigenvalue weighted by Gasteiger charge is 2.47. The fourth-order valence-corrected chi connectivity index (χ4v) is 2.25. The van der Waals surface area contributed by atoms with Crippen molar-refractivity contribution in [3.8, 4) is 0 Å². The van der Waals surface area contributed by atoms with Crippen molar-refractivity contribution in [3.63, 3.8) is 0 Å². The zero-order chi connectivity index (χ0) is 14.2. The molecule has 1 aliphatic rings. The fraction of sp³-hybridized carbons (Fsp3) is 0.500. The molecule has 1 aliphatic carbocycles. The Hall–Kier alpha value is -1.62. The molecule has 0 aliphatic heterocycles. The predicted octanol–water partition coefficient (Wildman–Crippen LogP) is 2.36. The quantitative estimate of drug-likeness (QED) is 0.787. The number of aliphatic hydroxyl groups is 1. The van der Waals surface area contributed by atoms with E-state index in [1.54, 1.807) is 6.07 Å². The Labute approximate surface area is 112 Å². The van der Waals surface area contributed by atoms with Crippen molar-refractivity contribution >= 4 is 17.3 Å². The lowest BCUT2D eigenvalue weighted by Gasteiger charge is -2.49. The van der Waals surface area contributed by atoms with Gasteiger partial charge in [-0.15, -0.1) is 0 Å². The van der Waals surface area contributed by atoms with Crippen LogP contribution in [0.5, 0.6) is 0 Å². The van der Waals surface area contributed by atoms with Gasteiger partial charge >= 0.3 is 0 Å². The van der Waals surface area contributed by atoms with Gasteiger partial charge in [-0.2, -0.15) is 0 Å². The van der Waals surface area contributed by atoms with Crippen molar-refractivity contribution in [2.45, 2.75) is 39.3 Å². The molecule has 0 radical (unpaired) electrons. The summed E-state index contributed by atoms with van der Waals surface area (Å²) in [7, 11) is 0. The molecular formula is C14H19FN2O2. The maximum Gasteiger partial charge on any atom is 0.221 e. The molecule has 1 saturated carbocycles. The number of hydrogen-bond donors (Lipinski definition) is 3. The van der Waals surface area contributed by atoms with Crippen LogP contribution in [0.25, 0.3) is 0 Å². The van der Waals surface area contributed by atoms with Gasteiger partial charge in [0.2, 0.25) is 5.91 Å². The maximum atomic E-state index is 13.7. The van der Waals surface area contributed by atoms with Gasteiger partial charge < -0.3 is 15.7 Å². The van der Waals surface area contributed by atoms with Gasteiger partial charge in [0.15, 0.2) is 0 Å². The molecule has 4 nitrogen and oxygen atoms in total. The number of carbonyl (C=O) groups excluding carboxylic acids is 1. The molecular weight excluding hydrogens is 247 g/mol. The first kappa shape index (κ1) is 13.8. The van der Waals surface area contributed by atoms with E-state index < -0.39 is 0 Å². The minimum atomic E-state index is -0.369. The van der Waals surface area contributed by atoms with E-state index in [0.29, 0.717) is 17.8 Å². The molecule has 0 bridgehead atoms. The first-order valence-corrected chi connectivity index (χ1v) is 6.32. The molecule has 5 heteroatoms. The average molecular weight is 266 g/mol. The number of amides is 1. The molecule has 0 aromatic heterocycles. The number of anilines is 2. The molecule has 1 fully saturated rings. The molecule has 2 unspecified atom stereocenters. The van der Waals surface area contributed by atoms with Crippen LogP contribution in [0.2, 0.25) is 0 Å². The predicted molar refractivity (Wildman–Crippen MR) is 72.5 cm³/mol. The molecule has 1 aromatic carbocycles. The minimum absolute atomic E-state index is 0.0181. The zero-order valence-corrected chi connectivity index (χ0v) is 11.3. The van der Waals surface area contributed by atoms with E-state index in [9.17, 15) is 14.3 Å². The molecule has 2 atom stereocenters. The standard InChI is InChI=1S/C14H19FN2O2/c1-8(18)16-9-4-5-10(15)11(6-9)17-12-7-13(19)14(12,2)3/h4-6,12-13,17,19H,7H2,1-3H3,(H,16,18). The topological polar surface area (TPSA) is 61.4 Å². The summed E-state index contributed by atoms with van der Waals surface area (Å²) < 4.78 is 13.7. The van der Waals surface area contributed by atoms with Gasteiger partial charge in [0.25, 0.3) is 0 Å². The minimum Gasteiger partial charge on any atom is -0.392 e. The number of halogens is 1. The van der Waals surface area contributed by atoms with E-state index in [1.807, 2.05) is 13.8 Å². The second-order valence-corrected chi connectivity index (χ2v) is 5.65. The molecule has 0 saturated heterocycles. The van der Waals surface area contributed by atoms with Gasteiger partial charge in [-0.25, -0.2) is 4.39 Å². The molecule has 2 rings (SSSR count). The monoisotopic (exact) mass is 266 g/mol. The van der Waals surface area contributed by atoms with Crippen LogP contribution in [0, 0.1) is 11.2 Å². The van der Waals surface area contributed by atoms with Crippen LogP contribution < -0.4 is 10.6 Å². The number of rotatable bonds is 3. The Morgan fingerprint density at radius 2 is 2.16 bits per heavy atom. The lowest BCUT2D eigenvalue weighted by Crippen LogP contribution is -2.57. The Morgan fingerprint density at radius 3 is 2.68 bits per heavy atom. The molecule has 0 spiro atoms. The maximum absolute atomic E-state index is 13.7.